The van der Waals surface area contributed by atoms with Gasteiger partial charge in [0.25, 0.3) is 0 Å². The number of hydrogen-bond donors (Lipinski definition) is 1. The summed E-state index contributed by atoms with van der Waals surface area (Å²) in [7, 11) is 0. The Morgan fingerprint density at radius 2 is 2.31 bits per heavy atom. The molecule has 0 aliphatic rings. The Hall–Kier alpha value is -1.88. The number of ether oxygens (including phenoxy) is 1. The molecule has 0 fully saturated rings. The number of nitrogens with zero attached hydrogens (tertiary/aromatic N) is 3. The molecule has 0 spiro atoms. The molecule has 0 saturated carbocycles. The van der Waals surface area contributed by atoms with Gasteiger partial charge >= 0.3 is 0 Å². The van der Waals surface area contributed by atoms with Crippen molar-refractivity contribution in [3.05, 3.63) is 36.2 Å². The predicted molar refractivity (Wildman–Crippen MR) is 58.5 cm³/mol. The van der Waals surface area contributed by atoms with Crippen molar-refractivity contribution in [1.29, 1.82) is 0 Å². The molecule has 2 aromatic rings. The minimum Gasteiger partial charge on any atom is -0.494 e. The van der Waals surface area contributed by atoms with Crippen LogP contribution in [0.4, 0.5) is 0 Å². The second-order valence-electron chi connectivity index (χ2n) is 3.24. The summed E-state index contributed by atoms with van der Waals surface area (Å²) in [5, 5.41) is 16.6. The smallest absolute Gasteiger partial charge is 0.121 e. The van der Waals surface area contributed by atoms with Crippen LogP contribution in [0.3, 0.4) is 0 Å². The summed E-state index contributed by atoms with van der Waals surface area (Å²) in [6.45, 7) is 2.46. The van der Waals surface area contributed by atoms with Gasteiger partial charge in [0.1, 0.15) is 11.4 Å². The van der Waals surface area contributed by atoms with E-state index in [0.717, 1.165) is 11.4 Å². The first-order chi connectivity index (χ1) is 7.83. The molecular formula is C11H13N3O2. The topological polar surface area (TPSA) is 60.2 Å². The summed E-state index contributed by atoms with van der Waals surface area (Å²) < 4.78 is 7.00. The zero-order valence-electron chi connectivity index (χ0n) is 9.00. The van der Waals surface area contributed by atoms with Crippen LogP contribution in [0, 0.1) is 0 Å². The lowest BCUT2D eigenvalue weighted by Gasteiger charge is -2.05. The molecule has 0 aliphatic heterocycles. The van der Waals surface area contributed by atoms with Gasteiger partial charge in [-0.2, -0.15) is 0 Å². The largest absolute Gasteiger partial charge is 0.494 e. The van der Waals surface area contributed by atoms with E-state index in [9.17, 15) is 0 Å². The van der Waals surface area contributed by atoms with Gasteiger partial charge in [0, 0.05) is 6.07 Å². The number of rotatable bonds is 4. The van der Waals surface area contributed by atoms with Crippen LogP contribution in [0.1, 0.15) is 12.6 Å². The van der Waals surface area contributed by atoms with E-state index >= 15 is 0 Å². The lowest BCUT2D eigenvalue weighted by atomic mass is 10.3. The molecule has 0 saturated heterocycles. The fourth-order valence-electron chi connectivity index (χ4n) is 1.38. The molecule has 0 radical (unpaired) electrons. The number of hydrogen-bond acceptors (Lipinski definition) is 4. The van der Waals surface area contributed by atoms with Gasteiger partial charge < -0.3 is 9.84 Å². The molecule has 1 aromatic carbocycles. The van der Waals surface area contributed by atoms with Gasteiger partial charge in [0.05, 0.1) is 25.1 Å². The molecule has 0 atom stereocenters. The molecule has 5 heteroatoms. The zero-order valence-corrected chi connectivity index (χ0v) is 9.00. The van der Waals surface area contributed by atoms with Crippen LogP contribution in [0.2, 0.25) is 0 Å². The van der Waals surface area contributed by atoms with E-state index in [0.29, 0.717) is 12.3 Å². The van der Waals surface area contributed by atoms with E-state index < -0.39 is 0 Å². The van der Waals surface area contributed by atoms with Crippen molar-refractivity contribution in [2.24, 2.45) is 0 Å². The van der Waals surface area contributed by atoms with Crippen LogP contribution in [0.5, 0.6) is 5.75 Å². The molecule has 5 nitrogen and oxygen atoms in total. The highest BCUT2D eigenvalue weighted by molar-refractivity contribution is 5.38. The van der Waals surface area contributed by atoms with E-state index in [-0.39, 0.29) is 6.61 Å². The third-order valence-corrected chi connectivity index (χ3v) is 2.10. The lowest BCUT2D eigenvalue weighted by molar-refractivity contribution is 0.276. The van der Waals surface area contributed by atoms with Crippen molar-refractivity contribution >= 4 is 0 Å². The van der Waals surface area contributed by atoms with Gasteiger partial charge in [0.2, 0.25) is 0 Å². The van der Waals surface area contributed by atoms with Crippen LogP contribution < -0.4 is 4.74 Å². The highest BCUT2D eigenvalue weighted by Gasteiger charge is 2.02. The Bertz CT molecular complexity index is 468. The van der Waals surface area contributed by atoms with Crippen LogP contribution in [-0.4, -0.2) is 26.7 Å². The maximum atomic E-state index is 8.90. The van der Waals surface area contributed by atoms with E-state index in [2.05, 4.69) is 10.3 Å². The minimum atomic E-state index is -0.106. The predicted octanol–water partition coefficient (Wildman–Crippen LogP) is 1.16. The highest BCUT2D eigenvalue weighted by atomic mass is 16.5. The molecule has 1 N–H and O–H groups in total. The number of aliphatic hydroxyl groups excluding tert-OH is 1. The SMILES string of the molecule is CCOc1cccc(-n2cc(CO)nn2)c1. The first-order valence-electron chi connectivity index (χ1n) is 5.09. The summed E-state index contributed by atoms with van der Waals surface area (Å²) in [5.74, 6) is 0.793. The van der Waals surface area contributed by atoms with Crippen molar-refractivity contribution in [3.8, 4) is 11.4 Å². The Labute approximate surface area is 93.3 Å². The Morgan fingerprint density at radius 1 is 1.44 bits per heavy atom. The maximum absolute atomic E-state index is 8.90. The van der Waals surface area contributed by atoms with Crippen LogP contribution in [0.15, 0.2) is 30.5 Å². The highest BCUT2D eigenvalue weighted by Crippen LogP contribution is 2.16. The molecule has 0 aliphatic carbocycles. The summed E-state index contributed by atoms with van der Waals surface area (Å²) in [5.41, 5.74) is 1.40. The quantitative estimate of drug-likeness (QED) is 0.838. The van der Waals surface area contributed by atoms with E-state index in [1.807, 2.05) is 31.2 Å². The molecule has 1 aromatic heterocycles. The zero-order chi connectivity index (χ0) is 11.4. The van der Waals surface area contributed by atoms with Crippen LogP contribution >= 0.6 is 0 Å². The van der Waals surface area contributed by atoms with Gasteiger partial charge in [-0.3, -0.25) is 0 Å². The second-order valence-corrected chi connectivity index (χ2v) is 3.24. The van der Waals surface area contributed by atoms with Crippen molar-refractivity contribution in [2.75, 3.05) is 6.61 Å². The fourth-order valence-corrected chi connectivity index (χ4v) is 1.38. The molecule has 2 rings (SSSR count). The lowest BCUT2D eigenvalue weighted by Crippen LogP contribution is -1.97. The van der Waals surface area contributed by atoms with Crippen molar-refractivity contribution in [1.82, 2.24) is 15.0 Å². The van der Waals surface area contributed by atoms with Crippen LogP contribution in [-0.2, 0) is 6.61 Å². The summed E-state index contributed by atoms with van der Waals surface area (Å²) in [4.78, 5) is 0. The number of aliphatic hydroxyl groups is 1. The molecule has 84 valence electrons. The number of benzene rings is 1. The minimum absolute atomic E-state index is 0.106. The normalized spacial score (nSPS) is 10.4. The first-order valence-corrected chi connectivity index (χ1v) is 5.09. The fraction of sp³-hybridized carbons (Fsp3) is 0.273. The van der Waals surface area contributed by atoms with Crippen LogP contribution in [0.25, 0.3) is 5.69 Å². The van der Waals surface area contributed by atoms with Gasteiger partial charge in [0.15, 0.2) is 0 Å². The van der Waals surface area contributed by atoms with Gasteiger partial charge in [-0.15, -0.1) is 5.10 Å². The Balaban J connectivity index is 2.28. The van der Waals surface area contributed by atoms with Crippen molar-refractivity contribution in [2.45, 2.75) is 13.5 Å². The van der Waals surface area contributed by atoms with Crippen molar-refractivity contribution in [3.63, 3.8) is 0 Å². The average Bonchev–Trinajstić information content (AvgIpc) is 2.78. The van der Waals surface area contributed by atoms with E-state index in [1.54, 1.807) is 10.9 Å². The summed E-state index contributed by atoms with van der Waals surface area (Å²) in [6.07, 6.45) is 1.69. The summed E-state index contributed by atoms with van der Waals surface area (Å²) in [6, 6.07) is 7.55. The molecule has 0 bridgehead atoms. The molecular weight excluding hydrogens is 206 g/mol. The van der Waals surface area contributed by atoms with Gasteiger partial charge in [-0.1, -0.05) is 11.3 Å². The molecule has 16 heavy (non-hydrogen) atoms. The van der Waals surface area contributed by atoms with E-state index in [1.165, 1.54) is 0 Å². The van der Waals surface area contributed by atoms with Gasteiger partial charge in [-0.05, 0) is 19.1 Å². The molecule has 0 amide bonds. The Kier molecular flexibility index (Phi) is 3.16. The molecule has 0 unspecified atom stereocenters. The third-order valence-electron chi connectivity index (χ3n) is 2.10. The summed E-state index contributed by atoms with van der Waals surface area (Å²) >= 11 is 0. The average molecular weight is 219 g/mol. The van der Waals surface area contributed by atoms with Crippen molar-refractivity contribution < 1.29 is 9.84 Å². The van der Waals surface area contributed by atoms with E-state index in [4.69, 9.17) is 9.84 Å². The standard InChI is InChI=1S/C11H13N3O2/c1-2-16-11-5-3-4-10(6-11)14-7-9(8-15)12-13-14/h3-7,15H,2,8H2,1H3. The Morgan fingerprint density at radius 3 is 3.00 bits per heavy atom. The monoisotopic (exact) mass is 219 g/mol. The van der Waals surface area contributed by atoms with Gasteiger partial charge in [-0.25, -0.2) is 4.68 Å². The third kappa shape index (κ3) is 2.20. The number of aromatic nitrogens is 3. The first kappa shape index (κ1) is 10.6. The maximum Gasteiger partial charge on any atom is 0.121 e. The second kappa shape index (κ2) is 4.76. The molecule has 1 heterocycles.